The summed E-state index contributed by atoms with van der Waals surface area (Å²) in [6, 6.07) is 17.7. The topological polar surface area (TPSA) is 72.7 Å². The van der Waals surface area contributed by atoms with Gasteiger partial charge in [-0.15, -0.1) is 21.5 Å². The molecule has 1 aromatic carbocycles. The van der Waals surface area contributed by atoms with Gasteiger partial charge in [0.15, 0.2) is 11.0 Å². The predicted octanol–water partition coefficient (Wildman–Crippen LogP) is 3.80. The van der Waals surface area contributed by atoms with Crippen LogP contribution in [-0.4, -0.2) is 31.4 Å². The first-order valence-corrected chi connectivity index (χ1v) is 10.5. The number of carbonyl (C=O) groups excluding carboxylic acids is 1. The Morgan fingerprint density at radius 1 is 1.07 bits per heavy atom. The quantitative estimate of drug-likeness (QED) is 0.472. The third-order valence-corrected chi connectivity index (χ3v) is 5.75. The van der Waals surface area contributed by atoms with E-state index in [9.17, 15) is 4.79 Å². The molecule has 4 rings (SSSR count). The van der Waals surface area contributed by atoms with Gasteiger partial charge in [-0.1, -0.05) is 36.0 Å². The van der Waals surface area contributed by atoms with Gasteiger partial charge in [-0.05, 0) is 35.7 Å². The molecule has 0 saturated carbocycles. The maximum Gasteiger partial charge on any atom is 0.230 e. The van der Waals surface area contributed by atoms with Crippen LogP contribution in [-0.2, 0) is 11.3 Å². The summed E-state index contributed by atoms with van der Waals surface area (Å²) in [5.41, 5.74) is 1.81. The highest BCUT2D eigenvalue weighted by molar-refractivity contribution is 7.99. The molecule has 3 aromatic heterocycles. The molecule has 4 aromatic rings. The largest absolute Gasteiger partial charge is 0.350 e. The van der Waals surface area contributed by atoms with Gasteiger partial charge in [-0.2, -0.15) is 0 Å². The summed E-state index contributed by atoms with van der Waals surface area (Å²) in [7, 11) is 0. The molecule has 0 aliphatic heterocycles. The Kier molecular flexibility index (Phi) is 5.79. The summed E-state index contributed by atoms with van der Waals surface area (Å²) < 4.78 is 1.95. The molecular weight excluding hydrogens is 390 g/mol. The summed E-state index contributed by atoms with van der Waals surface area (Å²) in [6.07, 6.45) is 3.48. The summed E-state index contributed by atoms with van der Waals surface area (Å²) in [5, 5.41) is 14.3. The van der Waals surface area contributed by atoms with Gasteiger partial charge in [0, 0.05) is 28.5 Å². The van der Waals surface area contributed by atoms with Gasteiger partial charge < -0.3 is 5.32 Å². The lowest BCUT2D eigenvalue weighted by Crippen LogP contribution is -2.24. The number of hydrogen-bond donors (Lipinski definition) is 1. The number of thioether (sulfide) groups is 1. The van der Waals surface area contributed by atoms with Crippen molar-refractivity contribution in [3.05, 3.63) is 77.2 Å². The van der Waals surface area contributed by atoms with Crippen molar-refractivity contribution in [2.24, 2.45) is 0 Å². The number of pyridine rings is 1. The first-order valence-electron chi connectivity index (χ1n) is 8.64. The van der Waals surface area contributed by atoms with E-state index in [2.05, 4.69) is 20.5 Å². The molecule has 28 heavy (non-hydrogen) atoms. The first kappa shape index (κ1) is 18.4. The van der Waals surface area contributed by atoms with Gasteiger partial charge in [0.25, 0.3) is 0 Å². The van der Waals surface area contributed by atoms with Crippen LogP contribution >= 0.6 is 23.1 Å². The average Bonchev–Trinajstić information content (AvgIpc) is 3.42. The molecule has 0 aliphatic rings. The zero-order valence-electron chi connectivity index (χ0n) is 14.9. The van der Waals surface area contributed by atoms with Gasteiger partial charge in [0.05, 0.1) is 12.3 Å². The zero-order valence-corrected chi connectivity index (χ0v) is 16.5. The van der Waals surface area contributed by atoms with E-state index in [-0.39, 0.29) is 11.7 Å². The molecule has 140 valence electrons. The average molecular weight is 408 g/mol. The number of nitrogens with one attached hydrogen (secondary N) is 1. The second kappa shape index (κ2) is 8.81. The standard InChI is InChI=1S/C20H17N5OS2/c26-18(22-13-17-9-5-11-27-17)14-28-20-24-23-19(15-6-4-10-21-12-15)25(20)16-7-2-1-3-8-16/h1-12H,13-14H2,(H,22,26). The Balaban J connectivity index is 1.53. The number of aromatic nitrogens is 4. The fourth-order valence-electron chi connectivity index (χ4n) is 2.64. The van der Waals surface area contributed by atoms with Crippen LogP contribution in [0.1, 0.15) is 4.88 Å². The van der Waals surface area contributed by atoms with Crippen molar-refractivity contribution in [1.29, 1.82) is 0 Å². The smallest absolute Gasteiger partial charge is 0.230 e. The minimum atomic E-state index is -0.0380. The number of nitrogens with zero attached hydrogens (tertiary/aromatic N) is 4. The number of thiophene rings is 1. The lowest BCUT2D eigenvalue weighted by molar-refractivity contribution is -0.118. The molecule has 8 heteroatoms. The van der Waals surface area contributed by atoms with Crippen LogP contribution in [0.2, 0.25) is 0 Å². The number of carbonyl (C=O) groups is 1. The van der Waals surface area contributed by atoms with Gasteiger partial charge >= 0.3 is 0 Å². The maximum atomic E-state index is 12.2. The van der Waals surface area contributed by atoms with Crippen molar-refractivity contribution < 1.29 is 4.79 Å². The molecule has 1 N–H and O–H groups in total. The van der Waals surface area contributed by atoms with E-state index in [0.717, 1.165) is 16.1 Å². The Bertz CT molecular complexity index is 1030. The fourth-order valence-corrected chi connectivity index (χ4v) is 4.06. The second-order valence-corrected chi connectivity index (χ2v) is 7.84. The van der Waals surface area contributed by atoms with E-state index >= 15 is 0 Å². The van der Waals surface area contributed by atoms with Crippen molar-refractivity contribution in [2.45, 2.75) is 11.7 Å². The van der Waals surface area contributed by atoms with E-state index in [4.69, 9.17) is 0 Å². The number of benzene rings is 1. The highest BCUT2D eigenvalue weighted by atomic mass is 32.2. The van der Waals surface area contributed by atoms with E-state index in [1.165, 1.54) is 11.8 Å². The van der Waals surface area contributed by atoms with Gasteiger partial charge in [0.1, 0.15) is 0 Å². The summed E-state index contributed by atoms with van der Waals surface area (Å²) in [4.78, 5) is 17.5. The molecule has 0 aliphatic carbocycles. The summed E-state index contributed by atoms with van der Waals surface area (Å²) >= 11 is 2.99. The minimum absolute atomic E-state index is 0.0380. The van der Waals surface area contributed by atoms with Crippen molar-refractivity contribution in [3.63, 3.8) is 0 Å². The molecule has 0 atom stereocenters. The predicted molar refractivity (Wildman–Crippen MR) is 111 cm³/mol. The van der Waals surface area contributed by atoms with Gasteiger partial charge in [0.2, 0.25) is 5.91 Å². The molecule has 0 radical (unpaired) electrons. The Labute approximate surface area is 170 Å². The van der Waals surface area contributed by atoms with Crippen LogP contribution in [0.15, 0.2) is 77.5 Å². The molecule has 0 bridgehead atoms. The summed E-state index contributed by atoms with van der Waals surface area (Å²) in [5.74, 6) is 0.924. The third kappa shape index (κ3) is 4.29. The molecule has 0 unspecified atom stereocenters. The number of rotatable bonds is 7. The van der Waals surface area contributed by atoms with Crippen molar-refractivity contribution >= 4 is 29.0 Å². The van der Waals surface area contributed by atoms with Crippen LogP contribution in [0.5, 0.6) is 0 Å². The van der Waals surface area contributed by atoms with E-state index in [1.54, 1.807) is 23.7 Å². The number of hydrogen-bond acceptors (Lipinski definition) is 6. The van der Waals surface area contributed by atoms with Crippen LogP contribution in [0, 0.1) is 0 Å². The molecule has 0 fully saturated rings. The second-order valence-electron chi connectivity index (χ2n) is 5.86. The molecule has 0 saturated heterocycles. The van der Waals surface area contributed by atoms with Gasteiger partial charge in [-0.25, -0.2) is 0 Å². The first-order chi connectivity index (χ1) is 13.8. The maximum absolute atomic E-state index is 12.2. The van der Waals surface area contributed by atoms with Gasteiger partial charge in [-0.3, -0.25) is 14.3 Å². The van der Waals surface area contributed by atoms with Crippen LogP contribution in [0.4, 0.5) is 0 Å². The lowest BCUT2D eigenvalue weighted by Gasteiger charge is -2.10. The third-order valence-electron chi connectivity index (χ3n) is 3.94. The summed E-state index contributed by atoms with van der Waals surface area (Å²) in [6.45, 7) is 0.545. The minimum Gasteiger partial charge on any atom is -0.350 e. The molecular formula is C20H17N5OS2. The van der Waals surface area contributed by atoms with Crippen molar-refractivity contribution in [1.82, 2.24) is 25.1 Å². The van der Waals surface area contributed by atoms with Crippen molar-refractivity contribution in [3.8, 4) is 17.1 Å². The Hall–Kier alpha value is -2.97. The highest BCUT2D eigenvalue weighted by Gasteiger charge is 2.17. The van der Waals surface area contributed by atoms with Crippen LogP contribution in [0.3, 0.4) is 0 Å². The molecule has 3 heterocycles. The monoisotopic (exact) mass is 407 g/mol. The zero-order chi connectivity index (χ0) is 19.2. The van der Waals surface area contributed by atoms with E-state index in [0.29, 0.717) is 17.5 Å². The van der Waals surface area contributed by atoms with Crippen molar-refractivity contribution in [2.75, 3.05) is 5.75 Å². The Morgan fingerprint density at radius 3 is 2.71 bits per heavy atom. The molecule has 1 amide bonds. The lowest BCUT2D eigenvalue weighted by atomic mass is 10.2. The SMILES string of the molecule is O=C(CSc1nnc(-c2cccnc2)n1-c1ccccc1)NCc1cccs1. The number of amides is 1. The molecule has 6 nitrogen and oxygen atoms in total. The van der Waals surface area contributed by atoms with E-state index < -0.39 is 0 Å². The van der Waals surface area contributed by atoms with E-state index in [1.807, 2.05) is 64.5 Å². The Morgan fingerprint density at radius 2 is 1.96 bits per heavy atom. The highest BCUT2D eigenvalue weighted by Crippen LogP contribution is 2.27. The number of para-hydroxylation sites is 1. The molecule has 0 spiro atoms. The van der Waals surface area contributed by atoms with Crippen LogP contribution < -0.4 is 5.32 Å². The van der Waals surface area contributed by atoms with Crippen LogP contribution in [0.25, 0.3) is 17.1 Å². The fraction of sp³-hybridized carbons (Fsp3) is 0.100. The normalized spacial score (nSPS) is 10.7.